The molecular formula is C18H17BrN6O2. The van der Waals surface area contributed by atoms with Crippen LogP contribution >= 0.6 is 15.9 Å². The van der Waals surface area contributed by atoms with Crippen LogP contribution in [-0.4, -0.2) is 36.8 Å². The van der Waals surface area contributed by atoms with E-state index in [1.54, 1.807) is 6.20 Å². The van der Waals surface area contributed by atoms with E-state index in [0.29, 0.717) is 41.3 Å². The van der Waals surface area contributed by atoms with Crippen LogP contribution in [0, 0.1) is 0 Å². The van der Waals surface area contributed by atoms with Crippen LogP contribution in [0.15, 0.2) is 41.2 Å². The highest BCUT2D eigenvalue weighted by molar-refractivity contribution is 9.09. The standard InChI is InChI=1S/C18H17BrN6O2/c1-2-25-16-12(26-9-8-19)10-21-13(11-6-4-3-5-7-11)14(16)22-18(25)15-17(20)24-27-23-15/h3-7,10H,2,8-9H2,1H3,(H2,20,24). The fourth-order valence-corrected chi connectivity index (χ4v) is 3.18. The molecule has 8 nitrogen and oxygen atoms in total. The molecule has 0 amide bonds. The summed E-state index contributed by atoms with van der Waals surface area (Å²) in [6, 6.07) is 9.89. The lowest BCUT2D eigenvalue weighted by atomic mass is 10.1. The maximum atomic E-state index is 5.91. The predicted molar refractivity (Wildman–Crippen MR) is 106 cm³/mol. The number of nitrogens with two attached hydrogens (primary N) is 1. The molecule has 1 aromatic carbocycles. The van der Waals surface area contributed by atoms with Gasteiger partial charge in [-0.1, -0.05) is 46.3 Å². The van der Waals surface area contributed by atoms with E-state index in [9.17, 15) is 0 Å². The highest BCUT2D eigenvalue weighted by atomic mass is 79.9. The molecule has 3 heterocycles. The summed E-state index contributed by atoms with van der Waals surface area (Å²) >= 11 is 3.39. The Morgan fingerprint density at radius 3 is 2.67 bits per heavy atom. The molecule has 0 aliphatic heterocycles. The van der Waals surface area contributed by atoms with E-state index < -0.39 is 0 Å². The molecule has 9 heteroatoms. The Kier molecular flexibility index (Phi) is 4.76. The van der Waals surface area contributed by atoms with E-state index in [1.165, 1.54) is 0 Å². The van der Waals surface area contributed by atoms with Gasteiger partial charge in [0.25, 0.3) is 0 Å². The number of hydrogen-bond donors (Lipinski definition) is 1. The molecule has 0 unspecified atom stereocenters. The predicted octanol–water partition coefficient (Wildman–Crippen LogP) is 3.52. The van der Waals surface area contributed by atoms with Crippen molar-refractivity contribution >= 4 is 32.8 Å². The largest absolute Gasteiger partial charge is 0.489 e. The summed E-state index contributed by atoms with van der Waals surface area (Å²) in [5.74, 6) is 1.41. The van der Waals surface area contributed by atoms with E-state index in [0.717, 1.165) is 16.8 Å². The van der Waals surface area contributed by atoms with Gasteiger partial charge in [0.05, 0.1) is 18.5 Å². The number of aryl methyl sites for hydroxylation is 1. The second kappa shape index (κ2) is 7.36. The molecule has 0 bridgehead atoms. The first-order chi connectivity index (χ1) is 13.2. The summed E-state index contributed by atoms with van der Waals surface area (Å²) in [4.78, 5) is 9.41. The zero-order valence-electron chi connectivity index (χ0n) is 14.6. The molecule has 138 valence electrons. The molecule has 0 aliphatic rings. The number of halogens is 1. The van der Waals surface area contributed by atoms with Crippen LogP contribution in [0.1, 0.15) is 6.92 Å². The normalized spacial score (nSPS) is 11.2. The Hall–Kier alpha value is -2.94. The minimum Gasteiger partial charge on any atom is -0.489 e. The fourth-order valence-electron chi connectivity index (χ4n) is 3.01. The van der Waals surface area contributed by atoms with Gasteiger partial charge in [0.2, 0.25) is 0 Å². The third-order valence-electron chi connectivity index (χ3n) is 4.16. The maximum Gasteiger partial charge on any atom is 0.199 e. The van der Waals surface area contributed by atoms with Crippen molar-refractivity contribution in [3.63, 3.8) is 0 Å². The molecule has 0 aliphatic carbocycles. The number of fused-ring (bicyclic) bond motifs is 1. The number of pyridine rings is 1. The van der Waals surface area contributed by atoms with E-state index in [4.69, 9.17) is 20.1 Å². The van der Waals surface area contributed by atoms with Gasteiger partial charge in [-0.3, -0.25) is 0 Å². The maximum absolute atomic E-state index is 5.91. The van der Waals surface area contributed by atoms with Crippen LogP contribution in [0.3, 0.4) is 0 Å². The smallest absolute Gasteiger partial charge is 0.199 e. The second-order valence-corrected chi connectivity index (χ2v) is 6.54. The van der Waals surface area contributed by atoms with E-state index in [1.807, 2.05) is 41.8 Å². The highest BCUT2D eigenvalue weighted by Crippen LogP contribution is 2.36. The molecule has 4 aromatic rings. The van der Waals surface area contributed by atoms with E-state index in [-0.39, 0.29) is 5.82 Å². The Labute approximate surface area is 163 Å². The van der Waals surface area contributed by atoms with Gasteiger partial charge < -0.3 is 15.0 Å². The van der Waals surface area contributed by atoms with Gasteiger partial charge in [-0.25, -0.2) is 14.6 Å². The number of imidazole rings is 1. The molecule has 0 radical (unpaired) electrons. The van der Waals surface area contributed by atoms with E-state index in [2.05, 4.69) is 31.2 Å². The second-order valence-electron chi connectivity index (χ2n) is 5.75. The summed E-state index contributed by atoms with van der Waals surface area (Å²) in [7, 11) is 0. The first kappa shape index (κ1) is 17.5. The number of aromatic nitrogens is 5. The number of nitrogen functional groups attached to an aromatic ring is 1. The molecule has 0 saturated carbocycles. The van der Waals surface area contributed by atoms with Crippen LogP contribution in [0.2, 0.25) is 0 Å². The zero-order valence-corrected chi connectivity index (χ0v) is 16.2. The third kappa shape index (κ3) is 3.03. The van der Waals surface area contributed by atoms with Crippen molar-refractivity contribution in [1.82, 2.24) is 24.8 Å². The van der Waals surface area contributed by atoms with Crippen LogP contribution in [-0.2, 0) is 6.54 Å². The monoisotopic (exact) mass is 428 g/mol. The Morgan fingerprint density at radius 2 is 2.00 bits per heavy atom. The van der Waals surface area contributed by atoms with Crippen LogP contribution in [0.25, 0.3) is 33.8 Å². The van der Waals surface area contributed by atoms with Gasteiger partial charge in [0.1, 0.15) is 11.0 Å². The van der Waals surface area contributed by atoms with Crippen molar-refractivity contribution in [2.75, 3.05) is 17.7 Å². The number of hydrogen-bond acceptors (Lipinski definition) is 7. The van der Waals surface area contributed by atoms with Gasteiger partial charge in [0, 0.05) is 17.4 Å². The number of rotatable bonds is 6. The zero-order chi connectivity index (χ0) is 18.8. The van der Waals surface area contributed by atoms with Crippen molar-refractivity contribution < 1.29 is 9.37 Å². The van der Waals surface area contributed by atoms with Crippen molar-refractivity contribution in [1.29, 1.82) is 0 Å². The Morgan fingerprint density at radius 1 is 1.19 bits per heavy atom. The van der Waals surface area contributed by atoms with Gasteiger partial charge >= 0.3 is 0 Å². The first-order valence-corrected chi connectivity index (χ1v) is 9.58. The Bertz CT molecular complexity index is 1080. The van der Waals surface area contributed by atoms with Crippen LogP contribution in [0.5, 0.6) is 5.75 Å². The highest BCUT2D eigenvalue weighted by Gasteiger charge is 2.23. The molecular weight excluding hydrogens is 412 g/mol. The van der Waals surface area contributed by atoms with Crippen LogP contribution < -0.4 is 10.5 Å². The molecule has 3 aromatic heterocycles. The summed E-state index contributed by atoms with van der Waals surface area (Å²) in [5, 5.41) is 8.31. The minimum atomic E-state index is 0.192. The van der Waals surface area contributed by atoms with Crippen LogP contribution in [0.4, 0.5) is 5.82 Å². The van der Waals surface area contributed by atoms with Crippen molar-refractivity contribution in [2.24, 2.45) is 0 Å². The lowest BCUT2D eigenvalue weighted by Crippen LogP contribution is -2.04. The van der Waals surface area contributed by atoms with Gasteiger partial charge in [-0.2, -0.15) is 0 Å². The molecule has 0 fully saturated rings. The Balaban J connectivity index is 2.02. The number of nitrogens with zero attached hydrogens (tertiary/aromatic N) is 5. The average Bonchev–Trinajstić information content (AvgIpc) is 3.29. The molecule has 2 N–H and O–H groups in total. The quantitative estimate of drug-likeness (QED) is 0.468. The molecule has 27 heavy (non-hydrogen) atoms. The fraction of sp³-hybridized carbons (Fsp3) is 0.222. The van der Waals surface area contributed by atoms with Crippen molar-refractivity contribution in [3.8, 4) is 28.5 Å². The summed E-state index contributed by atoms with van der Waals surface area (Å²) in [6.45, 7) is 3.17. The van der Waals surface area contributed by atoms with Gasteiger partial charge in [-0.15, -0.1) is 0 Å². The summed E-state index contributed by atoms with van der Waals surface area (Å²) in [5.41, 5.74) is 9.60. The number of ether oxygens (including phenoxy) is 1. The minimum absolute atomic E-state index is 0.192. The number of anilines is 1. The van der Waals surface area contributed by atoms with Crippen molar-refractivity contribution in [3.05, 3.63) is 36.5 Å². The number of alkyl halides is 1. The lowest BCUT2D eigenvalue weighted by molar-refractivity contribution is 0.310. The first-order valence-electron chi connectivity index (χ1n) is 8.46. The summed E-state index contributed by atoms with van der Waals surface area (Å²) in [6.07, 6.45) is 1.73. The van der Waals surface area contributed by atoms with E-state index >= 15 is 0 Å². The SMILES string of the molecule is CCn1c(-c2nonc2N)nc2c(-c3ccccc3)ncc(OCCBr)c21. The number of benzene rings is 1. The molecule has 0 spiro atoms. The van der Waals surface area contributed by atoms with Gasteiger partial charge in [-0.05, 0) is 17.2 Å². The van der Waals surface area contributed by atoms with Gasteiger partial charge in [0.15, 0.2) is 23.1 Å². The van der Waals surface area contributed by atoms with Crippen molar-refractivity contribution in [2.45, 2.75) is 13.5 Å². The lowest BCUT2D eigenvalue weighted by Gasteiger charge is -2.11. The average molecular weight is 429 g/mol. The molecule has 4 rings (SSSR count). The topological polar surface area (TPSA) is 105 Å². The molecule has 0 saturated heterocycles. The molecule has 0 atom stereocenters. The summed E-state index contributed by atoms with van der Waals surface area (Å²) < 4.78 is 12.7. The third-order valence-corrected chi connectivity index (χ3v) is 4.48.